The molecule has 1 aliphatic heterocycles. The van der Waals surface area contributed by atoms with Crippen molar-refractivity contribution in [3.8, 4) is 0 Å². The van der Waals surface area contributed by atoms with E-state index in [0.717, 1.165) is 25.8 Å². The van der Waals surface area contributed by atoms with Gasteiger partial charge in [-0.2, -0.15) is 0 Å². The zero-order chi connectivity index (χ0) is 12.2. The van der Waals surface area contributed by atoms with Gasteiger partial charge in [-0.15, -0.1) is 0 Å². The number of hydrogen-bond acceptors (Lipinski definition) is 4. The molecule has 0 aromatic rings. The third-order valence-corrected chi connectivity index (χ3v) is 3.86. The van der Waals surface area contributed by atoms with Crippen LogP contribution in [0.25, 0.3) is 0 Å². The van der Waals surface area contributed by atoms with Gasteiger partial charge in [0.15, 0.2) is 0 Å². The first kappa shape index (κ1) is 13.9. The molecule has 1 heterocycles. The second kappa shape index (κ2) is 5.96. The first-order valence-electron chi connectivity index (χ1n) is 6.35. The smallest absolute Gasteiger partial charge is 0.0449 e. The molecule has 0 bridgehead atoms. The molecule has 1 fully saturated rings. The summed E-state index contributed by atoms with van der Waals surface area (Å²) in [5, 5.41) is 12.7. The SMILES string of the molecule is CCC(CCO)NC1(CN)CC(C)N(C)C1. The maximum Gasteiger partial charge on any atom is 0.0449 e. The number of nitrogens with zero attached hydrogens (tertiary/aromatic N) is 1. The molecule has 1 saturated heterocycles. The molecule has 4 nitrogen and oxygen atoms in total. The van der Waals surface area contributed by atoms with Crippen molar-refractivity contribution < 1.29 is 5.11 Å². The summed E-state index contributed by atoms with van der Waals surface area (Å²) < 4.78 is 0. The minimum atomic E-state index is 0.0456. The van der Waals surface area contributed by atoms with Gasteiger partial charge in [0.25, 0.3) is 0 Å². The van der Waals surface area contributed by atoms with Crippen LogP contribution in [0.15, 0.2) is 0 Å². The van der Waals surface area contributed by atoms with E-state index in [1.165, 1.54) is 0 Å². The van der Waals surface area contributed by atoms with Crippen molar-refractivity contribution in [3.63, 3.8) is 0 Å². The van der Waals surface area contributed by atoms with Crippen LogP contribution in [0.3, 0.4) is 0 Å². The van der Waals surface area contributed by atoms with E-state index in [1.54, 1.807) is 0 Å². The fraction of sp³-hybridized carbons (Fsp3) is 1.00. The van der Waals surface area contributed by atoms with Gasteiger partial charge in [-0.25, -0.2) is 0 Å². The van der Waals surface area contributed by atoms with E-state index in [4.69, 9.17) is 10.8 Å². The highest BCUT2D eigenvalue weighted by Crippen LogP contribution is 2.26. The first-order chi connectivity index (χ1) is 7.56. The fourth-order valence-corrected chi connectivity index (χ4v) is 2.70. The Morgan fingerprint density at radius 1 is 1.62 bits per heavy atom. The highest BCUT2D eigenvalue weighted by atomic mass is 16.3. The van der Waals surface area contributed by atoms with E-state index in [0.29, 0.717) is 18.6 Å². The van der Waals surface area contributed by atoms with Crippen molar-refractivity contribution in [3.05, 3.63) is 0 Å². The number of likely N-dealkylation sites (tertiary alicyclic amines) is 1. The Morgan fingerprint density at radius 3 is 2.69 bits per heavy atom. The molecule has 4 heteroatoms. The van der Waals surface area contributed by atoms with E-state index in [-0.39, 0.29) is 12.1 Å². The van der Waals surface area contributed by atoms with E-state index in [9.17, 15) is 0 Å². The van der Waals surface area contributed by atoms with Crippen molar-refractivity contribution in [2.75, 3.05) is 26.7 Å². The summed E-state index contributed by atoms with van der Waals surface area (Å²) in [5.41, 5.74) is 5.99. The molecule has 0 aromatic heterocycles. The standard InChI is InChI=1S/C12H27N3O/c1-4-11(5-6-16)14-12(8-13)7-10(2)15(3)9-12/h10-11,14,16H,4-9,13H2,1-3H3. The minimum Gasteiger partial charge on any atom is -0.396 e. The number of aliphatic hydroxyl groups is 1. The molecule has 1 aliphatic rings. The van der Waals surface area contributed by atoms with Crippen LogP contribution in [0.1, 0.15) is 33.1 Å². The summed E-state index contributed by atoms with van der Waals surface area (Å²) >= 11 is 0. The Bertz CT molecular complexity index is 200. The van der Waals surface area contributed by atoms with E-state index in [2.05, 4.69) is 31.1 Å². The normalized spacial score (nSPS) is 33.2. The fourth-order valence-electron chi connectivity index (χ4n) is 2.70. The summed E-state index contributed by atoms with van der Waals surface area (Å²) in [6.07, 6.45) is 2.96. The molecular formula is C12H27N3O. The average molecular weight is 229 g/mol. The van der Waals surface area contributed by atoms with Gasteiger partial charge in [-0.3, -0.25) is 0 Å². The third kappa shape index (κ3) is 3.17. The molecule has 0 spiro atoms. The molecule has 3 atom stereocenters. The lowest BCUT2D eigenvalue weighted by Crippen LogP contribution is -2.56. The topological polar surface area (TPSA) is 61.5 Å². The Balaban J connectivity index is 2.60. The van der Waals surface area contributed by atoms with Crippen molar-refractivity contribution in [1.82, 2.24) is 10.2 Å². The van der Waals surface area contributed by atoms with Crippen LogP contribution in [0.5, 0.6) is 0 Å². The summed E-state index contributed by atoms with van der Waals surface area (Å²) in [7, 11) is 2.15. The second-order valence-corrected chi connectivity index (χ2v) is 5.21. The van der Waals surface area contributed by atoms with Gasteiger partial charge >= 0.3 is 0 Å². The monoisotopic (exact) mass is 229 g/mol. The molecule has 0 amide bonds. The molecular weight excluding hydrogens is 202 g/mol. The number of nitrogens with two attached hydrogens (primary N) is 1. The molecule has 0 aliphatic carbocycles. The number of nitrogens with one attached hydrogen (secondary N) is 1. The Labute approximate surface area is 99.2 Å². The summed E-state index contributed by atoms with van der Waals surface area (Å²) in [5.74, 6) is 0. The zero-order valence-electron chi connectivity index (χ0n) is 10.9. The Kier molecular flexibility index (Phi) is 5.18. The quantitative estimate of drug-likeness (QED) is 0.607. The van der Waals surface area contributed by atoms with Crippen LogP contribution in [0.2, 0.25) is 0 Å². The van der Waals surface area contributed by atoms with Gasteiger partial charge < -0.3 is 21.1 Å². The molecule has 1 rings (SSSR count). The highest BCUT2D eigenvalue weighted by Gasteiger charge is 2.40. The number of aliphatic hydroxyl groups excluding tert-OH is 1. The average Bonchev–Trinajstić information content (AvgIpc) is 2.55. The third-order valence-electron chi connectivity index (χ3n) is 3.86. The van der Waals surface area contributed by atoms with Crippen LogP contribution in [-0.2, 0) is 0 Å². The maximum absolute atomic E-state index is 9.02. The molecule has 0 radical (unpaired) electrons. The van der Waals surface area contributed by atoms with Gasteiger partial charge in [0.1, 0.15) is 0 Å². The predicted molar refractivity (Wildman–Crippen MR) is 67.4 cm³/mol. The predicted octanol–water partition coefficient (Wildman–Crippen LogP) is 0.159. The van der Waals surface area contributed by atoms with Crippen molar-refractivity contribution in [2.24, 2.45) is 5.73 Å². The van der Waals surface area contributed by atoms with Crippen molar-refractivity contribution in [1.29, 1.82) is 0 Å². The van der Waals surface area contributed by atoms with Gasteiger partial charge in [0.05, 0.1) is 0 Å². The zero-order valence-corrected chi connectivity index (χ0v) is 10.9. The number of hydrogen-bond donors (Lipinski definition) is 3. The van der Waals surface area contributed by atoms with Crippen LogP contribution in [0, 0.1) is 0 Å². The molecule has 0 aromatic carbocycles. The molecule has 3 unspecified atom stereocenters. The van der Waals surface area contributed by atoms with Gasteiger partial charge in [0.2, 0.25) is 0 Å². The molecule has 0 saturated carbocycles. The Hall–Kier alpha value is -0.160. The van der Waals surface area contributed by atoms with Gasteiger partial charge in [-0.05, 0) is 33.2 Å². The molecule has 4 N–H and O–H groups in total. The van der Waals surface area contributed by atoms with Crippen LogP contribution in [0.4, 0.5) is 0 Å². The van der Waals surface area contributed by atoms with Crippen LogP contribution >= 0.6 is 0 Å². The Morgan fingerprint density at radius 2 is 2.31 bits per heavy atom. The summed E-state index contributed by atoms with van der Waals surface area (Å²) in [6.45, 7) is 6.32. The van der Waals surface area contributed by atoms with Crippen LogP contribution in [-0.4, -0.2) is 54.4 Å². The lowest BCUT2D eigenvalue weighted by Gasteiger charge is -2.33. The van der Waals surface area contributed by atoms with E-state index >= 15 is 0 Å². The highest BCUT2D eigenvalue weighted by molar-refractivity contribution is 5.02. The summed E-state index contributed by atoms with van der Waals surface area (Å²) in [4.78, 5) is 2.35. The second-order valence-electron chi connectivity index (χ2n) is 5.21. The largest absolute Gasteiger partial charge is 0.396 e. The van der Waals surface area contributed by atoms with Crippen LogP contribution < -0.4 is 11.1 Å². The lowest BCUT2D eigenvalue weighted by molar-refractivity contribution is 0.225. The van der Waals surface area contributed by atoms with Crippen molar-refractivity contribution >= 4 is 0 Å². The number of likely N-dealkylation sites (N-methyl/N-ethyl adjacent to an activating group) is 1. The maximum atomic E-state index is 9.02. The van der Waals surface area contributed by atoms with Crippen molar-refractivity contribution in [2.45, 2.75) is 50.7 Å². The van der Waals surface area contributed by atoms with E-state index < -0.39 is 0 Å². The minimum absolute atomic E-state index is 0.0456. The number of rotatable bonds is 6. The molecule has 16 heavy (non-hydrogen) atoms. The lowest BCUT2D eigenvalue weighted by atomic mass is 9.94. The van der Waals surface area contributed by atoms with E-state index in [1.807, 2.05) is 0 Å². The molecule has 96 valence electrons. The van der Waals surface area contributed by atoms with Gasteiger partial charge in [0, 0.05) is 37.3 Å². The summed E-state index contributed by atoms with van der Waals surface area (Å²) in [6, 6.07) is 0.968. The van der Waals surface area contributed by atoms with Gasteiger partial charge in [-0.1, -0.05) is 6.92 Å². The first-order valence-corrected chi connectivity index (χ1v) is 6.35.